The summed E-state index contributed by atoms with van der Waals surface area (Å²) < 4.78 is 72.0. The Bertz CT molecular complexity index is 1200. The van der Waals surface area contributed by atoms with Gasteiger partial charge in [0.05, 0.1) is 11.8 Å². The number of rotatable bonds is 9. The van der Waals surface area contributed by atoms with Crippen LogP contribution in [0.15, 0.2) is 48.6 Å². The van der Waals surface area contributed by atoms with Crippen LogP contribution in [-0.2, 0) is 16.6 Å². The predicted octanol–water partition coefficient (Wildman–Crippen LogP) is 4.97. The second kappa shape index (κ2) is 10.2. The van der Waals surface area contributed by atoms with Crippen molar-refractivity contribution < 1.29 is 31.4 Å². The molecule has 7 nitrogen and oxygen atoms in total. The molecule has 1 aromatic heterocycles. The van der Waals surface area contributed by atoms with Gasteiger partial charge in [-0.1, -0.05) is 30.4 Å². The van der Waals surface area contributed by atoms with Gasteiger partial charge in [-0.05, 0) is 63.3 Å². The minimum Gasteiger partial charge on any atom is -0.439 e. The minimum atomic E-state index is -4.82. The summed E-state index contributed by atoms with van der Waals surface area (Å²) in [5.41, 5.74) is 0.917. The van der Waals surface area contributed by atoms with Crippen molar-refractivity contribution in [3.8, 4) is 11.6 Å². The molecule has 1 heterocycles. The van der Waals surface area contributed by atoms with Crippen molar-refractivity contribution >= 4 is 15.6 Å². The van der Waals surface area contributed by atoms with Gasteiger partial charge in [0.1, 0.15) is 5.75 Å². The van der Waals surface area contributed by atoms with E-state index in [1.54, 1.807) is 55.8 Å². The lowest BCUT2D eigenvalue weighted by atomic mass is 9.81. The van der Waals surface area contributed by atoms with E-state index in [0.717, 1.165) is 5.56 Å². The number of aromatic nitrogens is 2. The predicted molar refractivity (Wildman–Crippen MR) is 127 cm³/mol. The molecule has 0 bridgehead atoms. The summed E-state index contributed by atoms with van der Waals surface area (Å²) in [7, 11) is -4.56. The summed E-state index contributed by atoms with van der Waals surface area (Å²) in [6.07, 6.45) is 0.561. The third-order valence-corrected chi connectivity index (χ3v) is 7.24. The SMILES string of the molecule is CCn1nc(C2=CC(C(C)(C)NS(=O)(=O)CC(F)(F)F)CC=C2)cc1Oc1ccc(C(C)O)cc1. The van der Waals surface area contributed by atoms with Crippen molar-refractivity contribution in [2.24, 2.45) is 5.92 Å². The van der Waals surface area contributed by atoms with Crippen LogP contribution in [0.5, 0.6) is 11.6 Å². The number of aryl methyl sites for hydroxylation is 1. The molecule has 0 saturated carbocycles. The van der Waals surface area contributed by atoms with Crippen LogP contribution in [-0.4, -0.2) is 40.8 Å². The van der Waals surface area contributed by atoms with Crippen molar-refractivity contribution in [2.45, 2.75) is 58.5 Å². The average molecular weight is 514 g/mol. The smallest absolute Gasteiger partial charge is 0.404 e. The molecule has 35 heavy (non-hydrogen) atoms. The van der Waals surface area contributed by atoms with Crippen molar-refractivity contribution in [1.29, 1.82) is 0 Å². The number of sulfonamides is 1. The summed E-state index contributed by atoms with van der Waals surface area (Å²) in [5.74, 6) is -1.26. The number of nitrogens with zero attached hydrogens (tertiary/aromatic N) is 2. The lowest BCUT2D eigenvalue weighted by molar-refractivity contribution is -0.106. The first-order valence-corrected chi connectivity index (χ1v) is 12.8. The lowest BCUT2D eigenvalue weighted by Crippen LogP contribution is -2.50. The Morgan fingerprint density at radius 2 is 1.91 bits per heavy atom. The summed E-state index contributed by atoms with van der Waals surface area (Å²) in [5, 5.41) is 14.2. The zero-order valence-corrected chi connectivity index (χ0v) is 20.8. The van der Waals surface area contributed by atoms with Gasteiger partial charge in [0.2, 0.25) is 15.9 Å². The highest BCUT2D eigenvalue weighted by Crippen LogP contribution is 2.34. The molecule has 1 aliphatic carbocycles. The molecule has 1 aliphatic rings. The fourth-order valence-corrected chi connectivity index (χ4v) is 5.32. The zero-order chi connectivity index (χ0) is 26.0. The van der Waals surface area contributed by atoms with Crippen LogP contribution in [0.25, 0.3) is 5.57 Å². The molecule has 2 atom stereocenters. The molecule has 192 valence electrons. The van der Waals surface area contributed by atoms with Crippen LogP contribution in [0.1, 0.15) is 51.5 Å². The first kappa shape index (κ1) is 27.0. The maximum atomic E-state index is 12.7. The monoisotopic (exact) mass is 513 g/mol. The number of hydrogen-bond donors (Lipinski definition) is 2. The van der Waals surface area contributed by atoms with E-state index < -0.39 is 39.5 Å². The van der Waals surface area contributed by atoms with Crippen LogP contribution in [0.3, 0.4) is 0 Å². The number of halogens is 3. The second-order valence-corrected chi connectivity index (χ2v) is 10.8. The van der Waals surface area contributed by atoms with E-state index in [1.807, 2.05) is 25.2 Å². The molecule has 3 rings (SSSR count). The van der Waals surface area contributed by atoms with Gasteiger partial charge < -0.3 is 9.84 Å². The fraction of sp³-hybridized carbons (Fsp3) is 0.458. The van der Waals surface area contributed by atoms with Crippen LogP contribution >= 0.6 is 0 Å². The van der Waals surface area contributed by atoms with Gasteiger partial charge in [-0.15, -0.1) is 0 Å². The quantitative estimate of drug-likeness (QED) is 0.494. The second-order valence-electron chi connectivity index (χ2n) is 9.10. The van der Waals surface area contributed by atoms with Gasteiger partial charge in [0.25, 0.3) is 0 Å². The Hall–Kier alpha value is -2.63. The minimum absolute atomic E-state index is 0.394. The van der Waals surface area contributed by atoms with Crippen LogP contribution < -0.4 is 9.46 Å². The third-order valence-electron chi connectivity index (χ3n) is 5.69. The highest BCUT2D eigenvalue weighted by molar-refractivity contribution is 7.89. The molecule has 1 aromatic carbocycles. The number of aliphatic hydroxyl groups excluding tert-OH is 1. The number of nitrogens with one attached hydrogen (secondary N) is 1. The normalized spacial score (nSPS) is 17.8. The number of hydrogen-bond acceptors (Lipinski definition) is 5. The van der Waals surface area contributed by atoms with E-state index in [1.165, 1.54) is 0 Å². The molecule has 2 N–H and O–H groups in total. The van der Waals surface area contributed by atoms with Crippen molar-refractivity contribution in [3.63, 3.8) is 0 Å². The number of ether oxygens (including phenoxy) is 1. The molecule has 0 saturated heterocycles. The summed E-state index contributed by atoms with van der Waals surface area (Å²) in [6.45, 7) is 7.25. The molecular weight excluding hydrogens is 483 g/mol. The van der Waals surface area contributed by atoms with Gasteiger partial charge in [-0.2, -0.15) is 18.3 Å². The first-order valence-electron chi connectivity index (χ1n) is 11.2. The molecule has 0 spiro atoms. The van der Waals surface area contributed by atoms with Gasteiger partial charge in [-0.25, -0.2) is 17.8 Å². The highest BCUT2D eigenvalue weighted by Gasteiger charge is 2.40. The number of alkyl halides is 3. The summed E-state index contributed by atoms with van der Waals surface area (Å²) >= 11 is 0. The third kappa shape index (κ3) is 7.18. The Labute approximate surface area is 203 Å². The standard InChI is InChI=1S/C24H30F3N3O4S/c1-5-30-22(34-20-11-9-17(10-12-20)16(2)31)14-21(28-30)18-7-6-8-19(13-18)23(3,4)29-35(32,33)15-24(25,26)27/h6-7,9-14,16,19,29,31H,5,8,15H2,1-4H3. The maximum Gasteiger partial charge on any atom is 0.404 e. The molecule has 0 fully saturated rings. The van der Waals surface area contributed by atoms with Gasteiger partial charge in [0, 0.05) is 18.2 Å². The van der Waals surface area contributed by atoms with E-state index in [4.69, 9.17) is 4.74 Å². The Morgan fingerprint density at radius 3 is 2.49 bits per heavy atom. The molecule has 0 amide bonds. The number of aliphatic hydroxyl groups is 1. The summed E-state index contributed by atoms with van der Waals surface area (Å²) in [4.78, 5) is 0. The largest absolute Gasteiger partial charge is 0.439 e. The van der Waals surface area contributed by atoms with Crippen molar-refractivity contribution in [3.05, 3.63) is 59.8 Å². The Morgan fingerprint density at radius 1 is 1.26 bits per heavy atom. The van der Waals surface area contributed by atoms with E-state index in [0.29, 0.717) is 35.9 Å². The van der Waals surface area contributed by atoms with E-state index in [9.17, 15) is 26.7 Å². The van der Waals surface area contributed by atoms with Crippen LogP contribution in [0.2, 0.25) is 0 Å². The van der Waals surface area contributed by atoms with Gasteiger partial charge in [-0.3, -0.25) is 0 Å². The fourth-order valence-electron chi connectivity index (χ4n) is 3.87. The number of benzene rings is 1. The molecule has 0 aliphatic heterocycles. The molecule has 0 radical (unpaired) electrons. The van der Waals surface area contributed by atoms with E-state index in [2.05, 4.69) is 9.82 Å². The van der Waals surface area contributed by atoms with Gasteiger partial charge >= 0.3 is 6.18 Å². The van der Waals surface area contributed by atoms with Crippen LogP contribution in [0, 0.1) is 5.92 Å². The topological polar surface area (TPSA) is 93.5 Å². The maximum absolute atomic E-state index is 12.7. The first-order chi connectivity index (χ1) is 16.2. The molecule has 2 aromatic rings. The van der Waals surface area contributed by atoms with Crippen molar-refractivity contribution in [1.82, 2.24) is 14.5 Å². The zero-order valence-electron chi connectivity index (χ0n) is 20.0. The highest BCUT2D eigenvalue weighted by atomic mass is 32.2. The Balaban J connectivity index is 1.82. The van der Waals surface area contributed by atoms with Crippen LogP contribution in [0.4, 0.5) is 13.2 Å². The molecule has 11 heteroatoms. The molecular formula is C24H30F3N3O4S. The van der Waals surface area contributed by atoms with Crippen molar-refractivity contribution in [2.75, 3.05) is 5.75 Å². The average Bonchev–Trinajstić information content (AvgIpc) is 3.14. The number of allylic oxidation sites excluding steroid dienone is 3. The van der Waals surface area contributed by atoms with E-state index >= 15 is 0 Å². The van der Waals surface area contributed by atoms with E-state index in [-0.39, 0.29) is 0 Å². The molecule has 2 unspecified atom stereocenters. The summed E-state index contributed by atoms with van der Waals surface area (Å²) in [6, 6.07) is 8.80. The van der Waals surface area contributed by atoms with Gasteiger partial charge in [0.15, 0.2) is 5.75 Å². The Kier molecular flexibility index (Phi) is 7.83. The lowest BCUT2D eigenvalue weighted by Gasteiger charge is -2.34.